The standard InChI is InChI=1S/C18H30N2O3/c1-12(2-3-21)20-17(23)11-19-16(22)10-18-7-13-4-14(8-18)6-15(5-13)9-18/h12-15,21H,2-11H2,1H3,(H,19,22)(H,20,23)/t12-,13?,14?,15?,18?/m1/s1. The second-order valence-corrected chi connectivity index (χ2v) is 8.35. The predicted molar refractivity (Wildman–Crippen MR) is 87.5 cm³/mol. The third-order valence-electron chi connectivity index (χ3n) is 6.12. The molecule has 0 aliphatic heterocycles. The normalized spacial score (nSPS) is 35.8. The number of nitrogens with one attached hydrogen (secondary N) is 2. The molecule has 4 aliphatic rings. The molecule has 4 fully saturated rings. The summed E-state index contributed by atoms with van der Waals surface area (Å²) in [6.07, 6.45) is 8.91. The zero-order valence-corrected chi connectivity index (χ0v) is 14.1. The Morgan fingerprint density at radius 2 is 1.65 bits per heavy atom. The Balaban J connectivity index is 1.44. The maximum absolute atomic E-state index is 12.3. The van der Waals surface area contributed by atoms with E-state index in [0.717, 1.165) is 17.8 Å². The summed E-state index contributed by atoms with van der Waals surface area (Å²) in [5.74, 6) is 2.38. The molecule has 0 aromatic rings. The zero-order chi connectivity index (χ0) is 16.4. The summed E-state index contributed by atoms with van der Waals surface area (Å²) < 4.78 is 0. The molecule has 0 saturated heterocycles. The Labute approximate surface area is 138 Å². The van der Waals surface area contributed by atoms with Crippen molar-refractivity contribution in [2.75, 3.05) is 13.2 Å². The van der Waals surface area contributed by atoms with Gasteiger partial charge in [0, 0.05) is 19.1 Å². The zero-order valence-electron chi connectivity index (χ0n) is 14.1. The van der Waals surface area contributed by atoms with E-state index in [4.69, 9.17) is 5.11 Å². The van der Waals surface area contributed by atoms with E-state index in [1.165, 1.54) is 38.5 Å². The van der Waals surface area contributed by atoms with Crippen molar-refractivity contribution < 1.29 is 14.7 Å². The van der Waals surface area contributed by atoms with Crippen molar-refractivity contribution in [2.45, 2.75) is 64.3 Å². The van der Waals surface area contributed by atoms with Crippen molar-refractivity contribution in [1.82, 2.24) is 10.6 Å². The van der Waals surface area contributed by atoms with Crippen LogP contribution in [0, 0.1) is 23.2 Å². The fraction of sp³-hybridized carbons (Fsp3) is 0.889. The molecule has 5 nitrogen and oxygen atoms in total. The summed E-state index contributed by atoms with van der Waals surface area (Å²) in [5.41, 5.74) is 0.222. The van der Waals surface area contributed by atoms with Crippen LogP contribution in [0.3, 0.4) is 0 Å². The van der Waals surface area contributed by atoms with Gasteiger partial charge in [-0.15, -0.1) is 0 Å². The summed E-state index contributed by atoms with van der Waals surface area (Å²) in [4.78, 5) is 24.1. The molecule has 0 unspecified atom stereocenters. The van der Waals surface area contributed by atoms with E-state index in [2.05, 4.69) is 10.6 Å². The lowest BCUT2D eigenvalue weighted by atomic mass is 9.49. The first-order valence-corrected chi connectivity index (χ1v) is 9.15. The predicted octanol–water partition coefficient (Wildman–Crippen LogP) is 1.60. The van der Waals surface area contributed by atoms with Crippen LogP contribution in [0.15, 0.2) is 0 Å². The van der Waals surface area contributed by atoms with Gasteiger partial charge in [-0.25, -0.2) is 0 Å². The van der Waals surface area contributed by atoms with Crippen molar-refractivity contribution in [3.05, 3.63) is 0 Å². The molecule has 0 radical (unpaired) electrons. The first-order valence-electron chi connectivity index (χ1n) is 9.15. The number of aliphatic hydroxyl groups is 1. The van der Waals surface area contributed by atoms with Gasteiger partial charge in [-0.05, 0) is 75.0 Å². The lowest BCUT2D eigenvalue weighted by molar-refractivity contribution is -0.132. The Bertz CT molecular complexity index is 428. The molecule has 4 bridgehead atoms. The van der Waals surface area contributed by atoms with Gasteiger partial charge in [0.2, 0.25) is 11.8 Å². The van der Waals surface area contributed by atoms with Gasteiger partial charge in [0.05, 0.1) is 6.54 Å². The summed E-state index contributed by atoms with van der Waals surface area (Å²) in [5, 5.41) is 14.4. The summed E-state index contributed by atoms with van der Waals surface area (Å²) in [6.45, 7) is 1.95. The van der Waals surface area contributed by atoms with Crippen LogP contribution >= 0.6 is 0 Å². The van der Waals surface area contributed by atoms with E-state index < -0.39 is 0 Å². The number of carbonyl (C=O) groups excluding carboxylic acids is 2. The lowest BCUT2D eigenvalue weighted by Crippen LogP contribution is -2.48. The van der Waals surface area contributed by atoms with Crippen LogP contribution in [0.4, 0.5) is 0 Å². The largest absolute Gasteiger partial charge is 0.396 e. The van der Waals surface area contributed by atoms with Crippen LogP contribution in [0.25, 0.3) is 0 Å². The third kappa shape index (κ3) is 4.06. The number of carbonyl (C=O) groups is 2. The summed E-state index contributed by atoms with van der Waals surface area (Å²) in [6, 6.07) is -0.0624. The topological polar surface area (TPSA) is 78.4 Å². The van der Waals surface area contributed by atoms with Crippen molar-refractivity contribution >= 4 is 11.8 Å². The van der Waals surface area contributed by atoms with Crippen molar-refractivity contribution in [3.63, 3.8) is 0 Å². The van der Waals surface area contributed by atoms with Gasteiger partial charge in [0.25, 0.3) is 0 Å². The van der Waals surface area contributed by atoms with Gasteiger partial charge in [-0.2, -0.15) is 0 Å². The minimum Gasteiger partial charge on any atom is -0.396 e. The second kappa shape index (κ2) is 6.80. The van der Waals surface area contributed by atoms with E-state index in [0.29, 0.717) is 12.8 Å². The molecule has 0 spiro atoms. The Kier molecular flexibility index (Phi) is 4.95. The van der Waals surface area contributed by atoms with Crippen LogP contribution in [-0.2, 0) is 9.59 Å². The summed E-state index contributed by atoms with van der Waals surface area (Å²) in [7, 11) is 0. The number of hydrogen-bond acceptors (Lipinski definition) is 3. The van der Waals surface area contributed by atoms with Gasteiger partial charge < -0.3 is 15.7 Å². The van der Waals surface area contributed by atoms with Gasteiger partial charge in [0.15, 0.2) is 0 Å². The fourth-order valence-corrected chi connectivity index (χ4v) is 5.68. The third-order valence-corrected chi connectivity index (χ3v) is 6.12. The van der Waals surface area contributed by atoms with Crippen molar-refractivity contribution in [2.24, 2.45) is 23.2 Å². The number of rotatable bonds is 7. The molecule has 1 atom stereocenters. The maximum Gasteiger partial charge on any atom is 0.239 e. The van der Waals surface area contributed by atoms with E-state index in [-0.39, 0.29) is 36.4 Å². The molecule has 0 aromatic carbocycles. The summed E-state index contributed by atoms with van der Waals surface area (Å²) >= 11 is 0. The smallest absolute Gasteiger partial charge is 0.239 e. The van der Waals surface area contributed by atoms with Crippen molar-refractivity contribution in [1.29, 1.82) is 0 Å². The molecule has 23 heavy (non-hydrogen) atoms. The highest BCUT2D eigenvalue weighted by Gasteiger charge is 2.51. The first kappa shape index (κ1) is 16.7. The van der Waals surface area contributed by atoms with Gasteiger partial charge >= 0.3 is 0 Å². The minimum atomic E-state index is -0.176. The van der Waals surface area contributed by atoms with E-state index in [1.807, 2.05) is 6.92 Å². The monoisotopic (exact) mass is 322 g/mol. The highest BCUT2D eigenvalue weighted by molar-refractivity contribution is 5.85. The molecule has 4 saturated carbocycles. The van der Waals surface area contributed by atoms with E-state index in [1.54, 1.807) is 0 Å². The van der Waals surface area contributed by atoms with Crippen LogP contribution in [0.2, 0.25) is 0 Å². The van der Waals surface area contributed by atoms with E-state index in [9.17, 15) is 9.59 Å². The minimum absolute atomic E-state index is 0.0249. The highest BCUT2D eigenvalue weighted by Crippen LogP contribution is 2.61. The van der Waals surface area contributed by atoms with Crippen LogP contribution in [-0.4, -0.2) is 36.1 Å². The van der Waals surface area contributed by atoms with Gasteiger partial charge in [-0.1, -0.05) is 0 Å². The molecule has 5 heteroatoms. The Morgan fingerprint density at radius 1 is 1.09 bits per heavy atom. The van der Waals surface area contributed by atoms with Gasteiger partial charge in [0.1, 0.15) is 0 Å². The average molecular weight is 322 g/mol. The second-order valence-electron chi connectivity index (χ2n) is 8.35. The molecule has 4 aliphatic carbocycles. The maximum atomic E-state index is 12.3. The molecular formula is C18H30N2O3. The van der Waals surface area contributed by atoms with Crippen LogP contribution in [0.1, 0.15) is 58.3 Å². The molecule has 2 amide bonds. The SMILES string of the molecule is C[C@H](CCO)NC(=O)CNC(=O)CC12CC3CC(CC(C3)C1)C2. The molecule has 3 N–H and O–H groups in total. The fourth-order valence-electron chi connectivity index (χ4n) is 5.68. The molecule has 0 aromatic heterocycles. The van der Waals surface area contributed by atoms with Crippen LogP contribution in [0.5, 0.6) is 0 Å². The van der Waals surface area contributed by atoms with Gasteiger partial charge in [-0.3, -0.25) is 9.59 Å². The molecule has 0 heterocycles. The van der Waals surface area contributed by atoms with E-state index >= 15 is 0 Å². The number of hydrogen-bond donors (Lipinski definition) is 3. The molecule has 4 rings (SSSR count). The highest BCUT2D eigenvalue weighted by atomic mass is 16.3. The Morgan fingerprint density at radius 3 is 2.17 bits per heavy atom. The molecule has 130 valence electrons. The number of amides is 2. The Hall–Kier alpha value is -1.10. The quantitative estimate of drug-likeness (QED) is 0.666. The lowest BCUT2D eigenvalue weighted by Gasteiger charge is -2.56. The first-order chi connectivity index (χ1) is 11.0. The van der Waals surface area contributed by atoms with Crippen molar-refractivity contribution in [3.8, 4) is 0 Å². The average Bonchev–Trinajstić information content (AvgIpc) is 2.43. The molecular weight excluding hydrogens is 292 g/mol. The number of aliphatic hydroxyl groups excluding tert-OH is 1. The van der Waals surface area contributed by atoms with Crippen LogP contribution < -0.4 is 10.6 Å².